The van der Waals surface area contributed by atoms with E-state index >= 15 is 0 Å². The van der Waals surface area contributed by atoms with Crippen LogP contribution in [0.15, 0.2) is 24.3 Å². The molecule has 15 heavy (non-hydrogen) atoms. The maximum atomic E-state index is 12.5. The van der Waals surface area contributed by atoms with E-state index in [4.69, 9.17) is 15.7 Å². The van der Waals surface area contributed by atoms with Crippen molar-refractivity contribution in [1.82, 2.24) is 0 Å². The molecule has 1 rings (SSSR count). The number of hydrogen-bond acceptors (Lipinski definition) is 3. The molecule has 1 aromatic rings. The van der Waals surface area contributed by atoms with Crippen LogP contribution in [0.2, 0.25) is 0 Å². The molecule has 1 atom stereocenters. The van der Waals surface area contributed by atoms with E-state index in [1.807, 2.05) is 6.07 Å². The fourth-order valence-electron chi connectivity index (χ4n) is 0.968. The lowest BCUT2D eigenvalue weighted by Crippen LogP contribution is -2.35. The Morgan fingerprint density at radius 3 is 2.60 bits per heavy atom. The van der Waals surface area contributed by atoms with Crippen molar-refractivity contribution in [2.24, 2.45) is 5.73 Å². The average molecular weight is 208 g/mol. The highest BCUT2D eigenvalue weighted by Crippen LogP contribution is 2.12. The number of nitrogens with zero attached hydrogens (tertiary/aromatic N) is 1. The Labute approximate surface area is 88.3 Å². The number of hydrogen-bond donors (Lipinski definition) is 1. The van der Waals surface area contributed by atoms with E-state index in [1.165, 1.54) is 24.3 Å². The van der Waals surface area contributed by atoms with Gasteiger partial charge in [-0.1, -0.05) is 0 Å². The summed E-state index contributed by atoms with van der Waals surface area (Å²) in [5, 5.41) is 8.65. The van der Waals surface area contributed by atoms with Crippen LogP contribution in [0.1, 0.15) is 13.3 Å². The van der Waals surface area contributed by atoms with Gasteiger partial charge < -0.3 is 10.5 Å². The van der Waals surface area contributed by atoms with Gasteiger partial charge in [-0.25, -0.2) is 4.39 Å². The van der Waals surface area contributed by atoms with Gasteiger partial charge in [0.25, 0.3) is 0 Å². The molecular formula is C11H13FN2O. The lowest BCUT2D eigenvalue weighted by Gasteiger charge is -2.15. The van der Waals surface area contributed by atoms with Gasteiger partial charge in [0.15, 0.2) is 0 Å². The highest BCUT2D eigenvalue weighted by atomic mass is 19.1. The largest absolute Gasteiger partial charge is 0.493 e. The van der Waals surface area contributed by atoms with Crippen molar-refractivity contribution < 1.29 is 9.13 Å². The Balaban J connectivity index is 2.39. The summed E-state index contributed by atoms with van der Waals surface area (Å²) in [6.07, 6.45) is 0.431. The summed E-state index contributed by atoms with van der Waals surface area (Å²) in [6, 6.07) is 7.69. The van der Waals surface area contributed by atoms with E-state index in [2.05, 4.69) is 0 Å². The Hall–Kier alpha value is -1.60. The molecule has 0 bridgehead atoms. The summed E-state index contributed by atoms with van der Waals surface area (Å²) in [5.74, 6) is 0.271. The van der Waals surface area contributed by atoms with E-state index in [0.717, 1.165) is 0 Å². The lowest BCUT2D eigenvalue weighted by atomic mass is 10.0. The summed E-state index contributed by atoms with van der Waals surface area (Å²) in [7, 11) is 0. The first kappa shape index (κ1) is 11.5. The highest BCUT2D eigenvalue weighted by molar-refractivity contribution is 5.22. The first-order valence-electron chi connectivity index (χ1n) is 4.62. The smallest absolute Gasteiger partial charge is 0.123 e. The third-order valence-corrected chi connectivity index (χ3v) is 1.96. The minimum atomic E-state index is -0.875. The van der Waals surface area contributed by atoms with Crippen LogP contribution in [0.5, 0.6) is 5.75 Å². The van der Waals surface area contributed by atoms with E-state index in [-0.39, 0.29) is 5.82 Å². The summed E-state index contributed by atoms with van der Waals surface area (Å²) in [5.41, 5.74) is 4.73. The van der Waals surface area contributed by atoms with Gasteiger partial charge in [0.1, 0.15) is 17.1 Å². The van der Waals surface area contributed by atoms with Crippen LogP contribution in [0.3, 0.4) is 0 Å². The molecule has 0 aliphatic heterocycles. The zero-order chi connectivity index (χ0) is 11.3. The zero-order valence-corrected chi connectivity index (χ0v) is 8.53. The second-order valence-electron chi connectivity index (χ2n) is 3.58. The molecule has 0 aliphatic carbocycles. The number of ether oxygens (including phenoxy) is 1. The monoisotopic (exact) mass is 208 g/mol. The number of halogens is 1. The molecule has 4 heteroatoms. The first-order valence-corrected chi connectivity index (χ1v) is 4.62. The molecule has 3 nitrogen and oxygen atoms in total. The van der Waals surface area contributed by atoms with Crippen molar-refractivity contribution >= 4 is 0 Å². The molecule has 0 aliphatic rings. The molecule has 0 saturated heterocycles. The molecule has 2 N–H and O–H groups in total. The summed E-state index contributed by atoms with van der Waals surface area (Å²) in [6.45, 7) is 1.98. The average Bonchev–Trinajstić information content (AvgIpc) is 2.21. The SMILES string of the molecule is CC(N)(C#N)CCOc1ccc(F)cc1. The number of rotatable bonds is 4. The molecule has 1 unspecified atom stereocenters. The third kappa shape index (κ3) is 3.96. The maximum Gasteiger partial charge on any atom is 0.123 e. The molecule has 0 spiro atoms. The summed E-state index contributed by atoms with van der Waals surface area (Å²) >= 11 is 0. The van der Waals surface area contributed by atoms with Crippen LogP contribution in [0.4, 0.5) is 4.39 Å². The van der Waals surface area contributed by atoms with Gasteiger partial charge in [-0.3, -0.25) is 0 Å². The minimum Gasteiger partial charge on any atom is -0.493 e. The zero-order valence-electron chi connectivity index (χ0n) is 8.53. The van der Waals surface area contributed by atoms with Gasteiger partial charge in [0.05, 0.1) is 12.7 Å². The number of nitrogens with two attached hydrogens (primary N) is 1. The van der Waals surface area contributed by atoms with Crippen LogP contribution in [0.25, 0.3) is 0 Å². The van der Waals surface area contributed by atoms with Crippen molar-refractivity contribution in [3.8, 4) is 11.8 Å². The first-order chi connectivity index (χ1) is 7.03. The third-order valence-electron chi connectivity index (χ3n) is 1.96. The lowest BCUT2D eigenvalue weighted by molar-refractivity contribution is 0.286. The molecule has 0 saturated carbocycles. The van der Waals surface area contributed by atoms with Crippen LogP contribution in [-0.2, 0) is 0 Å². The van der Waals surface area contributed by atoms with E-state index in [1.54, 1.807) is 6.92 Å². The molecule has 1 aromatic carbocycles. The Morgan fingerprint density at radius 1 is 1.47 bits per heavy atom. The van der Waals surface area contributed by atoms with Crippen LogP contribution >= 0.6 is 0 Å². The highest BCUT2D eigenvalue weighted by Gasteiger charge is 2.16. The van der Waals surface area contributed by atoms with E-state index in [9.17, 15) is 4.39 Å². The van der Waals surface area contributed by atoms with E-state index < -0.39 is 5.54 Å². The molecule has 0 amide bonds. The van der Waals surface area contributed by atoms with E-state index in [0.29, 0.717) is 18.8 Å². The van der Waals surface area contributed by atoms with Gasteiger partial charge in [-0.15, -0.1) is 0 Å². The Morgan fingerprint density at radius 2 is 2.07 bits per heavy atom. The topological polar surface area (TPSA) is 59.0 Å². The molecule has 0 heterocycles. The summed E-state index contributed by atoms with van der Waals surface area (Å²) in [4.78, 5) is 0. The predicted molar refractivity (Wildman–Crippen MR) is 54.7 cm³/mol. The van der Waals surface area contributed by atoms with Crippen LogP contribution in [-0.4, -0.2) is 12.1 Å². The fourth-order valence-corrected chi connectivity index (χ4v) is 0.968. The van der Waals surface area contributed by atoms with Crippen molar-refractivity contribution in [3.05, 3.63) is 30.1 Å². The van der Waals surface area contributed by atoms with Crippen molar-refractivity contribution in [2.75, 3.05) is 6.61 Å². The summed E-state index contributed by atoms with van der Waals surface area (Å²) < 4.78 is 17.8. The standard InChI is InChI=1S/C11H13FN2O/c1-11(14,8-13)6-7-15-10-4-2-9(12)3-5-10/h2-5H,6-7,14H2,1H3. The second-order valence-corrected chi connectivity index (χ2v) is 3.58. The Kier molecular flexibility index (Phi) is 3.64. The predicted octanol–water partition coefficient (Wildman–Crippen LogP) is 1.84. The van der Waals surface area contributed by atoms with Gasteiger partial charge in [0.2, 0.25) is 0 Å². The second kappa shape index (κ2) is 4.76. The van der Waals surface area contributed by atoms with Crippen molar-refractivity contribution in [1.29, 1.82) is 5.26 Å². The van der Waals surface area contributed by atoms with Crippen LogP contribution in [0, 0.1) is 17.1 Å². The molecular weight excluding hydrogens is 195 g/mol. The minimum absolute atomic E-state index is 0.303. The normalized spacial score (nSPS) is 14.0. The molecule has 0 radical (unpaired) electrons. The molecule has 80 valence electrons. The molecule has 0 fully saturated rings. The quantitative estimate of drug-likeness (QED) is 0.821. The van der Waals surface area contributed by atoms with Gasteiger partial charge in [-0.05, 0) is 31.2 Å². The van der Waals surface area contributed by atoms with Crippen molar-refractivity contribution in [3.63, 3.8) is 0 Å². The number of nitriles is 1. The Bertz CT molecular complexity index is 354. The van der Waals surface area contributed by atoms with Gasteiger partial charge in [0, 0.05) is 6.42 Å². The van der Waals surface area contributed by atoms with Gasteiger partial charge >= 0.3 is 0 Å². The van der Waals surface area contributed by atoms with Crippen LogP contribution < -0.4 is 10.5 Å². The number of benzene rings is 1. The van der Waals surface area contributed by atoms with Crippen molar-refractivity contribution in [2.45, 2.75) is 18.9 Å². The van der Waals surface area contributed by atoms with Gasteiger partial charge in [-0.2, -0.15) is 5.26 Å². The fraction of sp³-hybridized carbons (Fsp3) is 0.364. The maximum absolute atomic E-state index is 12.5. The molecule has 0 aromatic heterocycles.